The number of hydrogen-bond donors (Lipinski definition) is 3. The highest BCUT2D eigenvalue weighted by atomic mass is 32.2. The SMILES string of the molecule is CC(=O)NCSC(C)(C)C(NC(C)=O)C(=O)O. The Morgan fingerprint density at radius 2 is 1.76 bits per heavy atom. The van der Waals surface area contributed by atoms with Crippen LogP contribution in [-0.2, 0) is 14.4 Å². The third kappa shape index (κ3) is 6.15. The molecule has 0 bridgehead atoms. The molecule has 7 heteroatoms. The second-order valence-electron chi connectivity index (χ2n) is 4.10. The van der Waals surface area contributed by atoms with Crippen molar-refractivity contribution in [2.75, 3.05) is 5.88 Å². The maximum Gasteiger partial charge on any atom is 0.327 e. The van der Waals surface area contributed by atoms with Gasteiger partial charge in [0.15, 0.2) is 0 Å². The highest BCUT2D eigenvalue weighted by Crippen LogP contribution is 2.27. The number of carbonyl (C=O) groups is 3. The summed E-state index contributed by atoms with van der Waals surface area (Å²) < 4.78 is -0.722. The topological polar surface area (TPSA) is 95.5 Å². The number of rotatable bonds is 6. The summed E-state index contributed by atoms with van der Waals surface area (Å²) in [5.74, 6) is -1.38. The van der Waals surface area contributed by atoms with Gasteiger partial charge in [-0.3, -0.25) is 9.59 Å². The Hall–Kier alpha value is -1.24. The lowest BCUT2D eigenvalue weighted by atomic mass is 10.0. The van der Waals surface area contributed by atoms with E-state index in [0.717, 1.165) is 0 Å². The highest BCUT2D eigenvalue weighted by Gasteiger charge is 2.36. The van der Waals surface area contributed by atoms with Crippen molar-refractivity contribution in [3.63, 3.8) is 0 Å². The molecule has 0 aromatic heterocycles. The van der Waals surface area contributed by atoms with E-state index in [9.17, 15) is 14.4 Å². The Bertz CT molecular complexity index is 317. The number of thioether (sulfide) groups is 1. The lowest BCUT2D eigenvalue weighted by molar-refractivity contribution is -0.142. The van der Waals surface area contributed by atoms with Crippen LogP contribution in [0.4, 0.5) is 0 Å². The molecule has 2 amide bonds. The maximum absolute atomic E-state index is 11.1. The summed E-state index contributed by atoms with van der Waals surface area (Å²) in [5, 5.41) is 14.0. The van der Waals surface area contributed by atoms with Crippen molar-refractivity contribution in [1.82, 2.24) is 10.6 Å². The van der Waals surface area contributed by atoms with Crippen LogP contribution in [0.25, 0.3) is 0 Å². The van der Waals surface area contributed by atoms with E-state index in [1.54, 1.807) is 13.8 Å². The van der Waals surface area contributed by atoms with Crippen molar-refractivity contribution in [3.8, 4) is 0 Å². The zero-order valence-corrected chi connectivity index (χ0v) is 11.2. The monoisotopic (exact) mass is 262 g/mol. The van der Waals surface area contributed by atoms with Crippen molar-refractivity contribution in [1.29, 1.82) is 0 Å². The molecule has 6 nitrogen and oxygen atoms in total. The second kappa shape index (κ2) is 6.48. The largest absolute Gasteiger partial charge is 0.480 e. The van der Waals surface area contributed by atoms with Gasteiger partial charge in [0.25, 0.3) is 0 Å². The van der Waals surface area contributed by atoms with E-state index in [0.29, 0.717) is 5.88 Å². The fourth-order valence-corrected chi connectivity index (χ4v) is 2.12. The molecule has 0 aromatic rings. The first-order valence-electron chi connectivity index (χ1n) is 5.05. The molecule has 0 aliphatic heterocycles. The molecule has 0 rings (SSSR count). The molecular formula is C10H18N2O4S. The Kier molecular flexibility index (Phi) is 6.01. The van der Waals surface area contributed by atoms with Crippen molar-refractivity contribution in [2.45, 2.75) is 38.5 Å². The molecule has 0 radical (unpaired) electrons. The summed E-state index contributed by atoms with van der Waals surface area (Å²) in [4.78, 5) is 32.7. The van der Waals surface area contributed by atoms with Gasteiger partial charge in [0.1, 0.15) is 6.04 Å². The summed E-state index contributed by atoms with van der Waals surface area (Å²) in [5.41, 5.74) is 0. The van der Waals surface area contributed by atoms with Gasteiger partial charge in [-0.2, -0.15) is 0 Å². The third-order valence-electron chi connectivity index (χ3n) is 2.06. The fourth-order valence-electron chi connectivity index (χ4n) is 1.14. The number of carboxylic acid groups (broad SMARTS) is 1. The van der Waals surface area contributed by atoms with E-state index < -0.39 is 22.7 Å². The number of amides is 2. The van der Waals surface area contributed by atoms with Crippen LogP contribution < -0.4 is 10.6 Å². The Balaban J connectivity index is 4.54. The average Bonchev–Trinajstić information content (AvgIpc) is 2.12. The van der Waals surface area contributed by atoms with E-state index in [-0.39, 0.29) is 5.91 Å². The molecule has 0 saturated carbocycles. The molecule has 0 spiro atoms. The van der Waals surface area contributed by atoms with Gasteiger partial charge in [0, 0.05) is 18.6 Å². The predicted octanol–water partition coefficient (Wildman–Crippen LogP) is 0.181. The van der Waals surface area contributed by atoms with Crippen LogP contribution in [-0.4, -0.2) is 39.6 Å². The first-order chi connectivity index (χ1) is 7.66. The van der Waals surface area contributed by atoms with Crippen molar-refractivity contribution in [3.05, 3.63) is 0 Å². The van der Waals surface area contributed by atoms with Gasteiger partial charge in [-0.1, -0.05) is 0 Å². The number of aliphatic carboxylic acids is 1. The van der Waals surface area contributed by atoms with E-state index in [1.165, 1.54) is 25.6 Å². The average molecular weight is 262 g/mol. The minimum absolute atomic E-state index is 0.181. The second-order valence-corrected chi connectivity index (χ2v) is 5.73. The van der Waals surface area contributed by atoms with Gasteiger partial charge < -0.3 is 15.7 Å². The first-order valence-corrected chi connectivity index (χ1v) is 6.03. The molecule has 17 heavy (non-hydrogen) atoms. The quantitative estimate of drug-likeness (QED) is 0.594. The van der Waals surface area contributed by atoms with Crippen LogP contribution in [0.5, 0.6) is 0 Å². The molecule has 0 aliphatic carbocycles. The van der Waals surface area contributed by atoms with Crippen molar-refractivity contribution < 1.29 is 19.5 Å². The zero-order chi connectivity index (χ0) is 13.6. The summed E-state index contributed by atoms with van der Waals surface area (Å²) in [7, 11) is 0. The van der Waals surface area contributed by atoms with Gasteiger partial charge in [-0.15, -0.1) is 11.8 Å². The van der Waals surface area contributed by atoms with Crippen LogP contribution >= 0.6 is 11.8 Å². The number of carbonyl (C=O) groups excluding carboxylic acids is 2. The predicted molar refractivity (Wildman–Crippen MR) is 65.6 cm³/mol. The zero-order valence-electron chi connectivity index (χ0n) is 10.4. The van der Waals surface area contributed by atoms with E-state index in [1.807, 2.05) is 0 Å². The molecule has 0 fully saturated rings. The standard InChI is InChI=1S/C10H18N2O4S/c1-6(13)11-5-17-10(3,4)8(9(15)16)12-7(2)14/h8H,5H2,1-4H3,(H,11,13)(H,12,14)(H,15,16). The molecule has 0 heterocycles. The van der Waals surface area contributed by atoms with Crippen LogP contribution in [0.3, 0.4) is 0 Å². The maximum atomic E-state index is 11.1. The molecule has 0 aromatic carbocycles. The van der Waals surface area contributed by atoms with Gasteiger partial charge >= 0.3 is 5.97 Å². The van der Waals surface area contributed by atoms with Gasteiger partial charge in [0.05, 0.1) is 5.88 Å². The third-order valence-corrected chi connectivity index (χ3v) is 3.32. The lowest BCUT2D eigenvalue weighted by Gasteiger charge is -2.31. The number of carboxylic acids is 1. The van der Waals surface area contributed by atoms with E-state index in [4.69, 9.17) is 5.11 Å². The normalized spacial score (nSPS) is 12.7. The summed E-state index contributed by atoms with van der Waals surface area (Å²) in [6.07, 6.45) is 0. The summed E-state index contributed by atoms with van der Waals surface area (Å²) in [6.45, 7) is 6.06. The van der Waals surface area contributed by atoms with Crippen LogP contribution in [0.2, 0.25) is 0 Å². The molecule has 1 unspecified atom stereocenters. The van der Waals surface area contributed by atoms with Gasteiger partial charge in [0.2, 0.25) is 11.8 Å². The Morgan fingerprint density at radius 1 is 1.24 bits per heavy atom. The molecule has 1 atom stereocenters. The minimum Gasteiger partial charge on any atom is -0.480 e. The summed E-state index contributed by atoms with van der Waals surface area (Å²) in [6, 6.07) is -1.00. The Morgan fingerprint density at radius 3 is 2.12 bits per heavy atom. The molecular weight excluding hydrogens is 244 g/mol. The molecule has 0 aliphatic rings. The minimum atomic E-state index is -1.10. The van der Waals surface area contributed by atoms with E-state index >= 15 is 0 Å². The van der Waals surface area contributed by atoms with Gasteiger partial charge in [-0.05, 0) is 13.8 Å². The fraction of sp³-hybridized carbons (Fsp3) is 0.700. The smallest absolute Gasteiger partial charge is 0.327 e. The van der Waals surface area contributed by atoms with E-state index in [2.05, 4.69) is 10.6 Å². The number of nitrogens with one attached hydrogen (secondary N) is 2. The van der Waals surface area contributed by atoms with Crippen molar-refractivity contribution >= 4 is 29.5 Å². The Labute approximate surface area is 105 Å². The van der Waals surface area contributed by atoms with Crippen LogP contribution in [0, 0.1) is 0 Å². The lowest BCUT2D eigenvalue weighted by Crippen LogP contribution is -2.52. The van der Waals surface area contributed by atoms with Crippen LogP contribution in [0.15, 0.2) is 0 Å². The first kappa shape index (κ1) is 15.8. The van der Waals surface area contributed by atoms with Gasteiger partial charge in [-0.25, -0.2) is 4.79 Å². The molecule has 3 N–H and O–H groups in total. The number of hydrogen-bond acceptors (Lipinski definition) is 4. The molecule has 0 saturated heterocycles. The van der Waals surface area contributed by atoms with Crippen LogP contribution in [0.1, 0.15) is 27.7 Å². The van der Waals surface area contributed by atoms with Crippen molar-refractivity contribution in [2.24, 2.45) is 0 Å². The summed E-state index contributed by atoms with van der Waals surface area (Å²) >= 11 is 1.26. The molecule has 98 valence electrons. The highest BCUT2D eigenvalue weighted by molar-refractivity contribution is 8.00.